The van der Waals surface area contributed by atoms with Crippen molar-refractivity contribution in [2.75, 3.05) is 62.7 Å². The van der Waals surface area contributed by atoms with E-state index >= 15 is 0 Å². The van der Waals surface area contributed by atoms with Crippen LogP contribution in [0.1, 0.15) is 158 Å². The molecule has 2 aliphatic heterocycles. The summed E-state index contributed by atoms with van der Waals surface area (Å²) in [7, 11) is 2.21. The number of benzene rings is 5. The Morgan fingerprint density at radius 3 is 1.19 bits per heavy atom. The Hall–Kier alpha value is -13.1. The number of carbonyl (C=O) groups excluding carboxylic acids is 2. The van der Waals surface area contributed by atoms with Gasteiger partial charge in [-0.25, -0.2) is 48.9 Å². The summed E-state index contributed by atoms with van der Waals surface area (Å²) >= 11 is 0. The topological polar surface area (TPSA) is 358 Å². The number of aromatic amines is 4. The summed E-state index contributed by atoms with van der Waals surface area (Å²) in [6, 6.07) is 49.1. The number of para-hydroxylation sites is 4. The maximum atomic E-state index is 12.8. The molecule has 27 heteroatoms. The zero-order valence-electron chi connectivity index (χ0n) is 63.9. The average Bonchev–Trinajstić information content (AvgIpc) is 1.61. The number of H-pyrrole nitrogens is 4. The predicted octanol–water partition coefficient (Wildman–Crippen LogP) is 15.0. The van der Waals surface area contributed by atoms with Crippen molar-refractivity contribution < 1.29 is 9.59 Å². The lowest BCUT2D eigenvalue weighted by molar-refractivity contribution is 0.0586. The van der Waals surface area contributed by atoms with Gasteiger partial charge in [-0.15, -0.1) is 0 Å². The molecule has 115 heavy (non-hydrogen) atoms. The van der Waals surface area contributed by atoms with Crippen LogP contribution in [0.2, 0.25) is 0 Å². The zero-order chi connectivity index (χ0) is 77.5. The van der Waals surface area contributed by atoms with Crippen molar-refractivity contribution in [1.29, 1.82) is 0 Å². The first-order valence-electron chi connectivity index (χ1n) is 40.3. The van der Waals surface area contributed by atoms with Gasteiger partial charge >= 0.3 is 0 Å². The second-order valence-corrected chi connectivity index (χ2v) is 31.8. The van der Waals surface area contributed by atoms with Gasteiger partial charge in [0.15, 0.2) is 11.6 Å². The van der Waals surface area contributed by atoms with Crippen LogP contribution in [0, 0.1) is 5.92 Å². The molecule has 12 aromatic heterocycles. The maximum absolute atomic E-state index is 12.8. The Labute approximate surface area is 660 Å². The van der Waals surface area contributed by atoms with Crippen molar-refractivity contribution in [3.63, 3.8) is 0 Å². The molecule has 0 radical (unpaired) electrons. The minimum atomic E-state index is -0.173. The molecule has 0 bridgehead atoms. The van der Waals surface area contributed by atoms with Crippen LogP contribution in [0.4, 0.5) is 23.3 Å². The van der Waals surface area contributed by atoms with E-state index < -0.39 is 0 Å². The molecule has 0 spiro atoms. The van der Waals surface area contributed by atoms with Gasteiger partial charge in [0, 0.05) is 131 Å². The smallest absolute Gasteiger partial charge is 0.261 e. The lowest BCUT2D eigenvalue weighted by atomic mass is 9.78. The second kappa shape index (κ2) is 29.4. The van der Waals surface area contributed by atoms with Crippen molar-refractivity contribution in [1.82, 2.24) is 103 Å². The van der Waals surface area contributed by atoms with E-state index in [1.165, 1.54) is 74.8 Å². The number of piperazine rings is 1. The fraction of sp³-hybridized carbons (Fsp3) is 0.295. The predicted molar refractivity (Wildman–Crippen MR) is 448 cm³/mol. The molecule has 4 aliphatic carbocycles. The van der Waals surface area contributed by atoms with Gasteiger partial charge in [0.1, 0.15) is 92.4 Å². The van der Waals surface area contributed by atoms with Gasteiger partial charge in [0.25, 0.3) is 11.8 Å². The van der Waals surface area contributed by atoms with E-state index in [9.17, 15) is 9.59 Å². The quantitative estimate of drug-likeness (QED) is 0.0558. The zero-order valence-corrected chi connectivity index (χ0v) is 63.9. The number of fused-ring (bicyclic) bond motifs is 9. The lowest BCUT2D eigenvalue weighted by Crippen LogP contribution is -2.52. The first-order valence-corrected chi connectivity index (χ1v) is 40.3. The number of likely N-dealkylation sites (N-methyl/N-ethyl adjacent to an activating group) is 1. The Bertz CT molecular complexity index is 6370. The molecule has 2 amide bonds. The number of imide groups is 1. The van der Waals surface area contributed by atoms with Crippen LogP contribution >= 0.6 is 0 Å². The minimum absolute atomic E-state index is 0.173. The molecule has 578 valence electrons. The first kappa shape index (κ1) is 70.9. The number of amides is 2. The van der Waals surface area contributed by atoms with E-state index in [1.54, 1.807) is 36.7 Å². The van der Waals surface area contributed by atoms with Crippen LogP contribution in [-0.2, 0) is 0 Å². The lowest BCUT2D eigenvalue weighted by Gasteiger charge is -2.45. The van der Waals surface area contributed by atoms with E-state index in [1.807, 2.05) is 63.9 Å². The number of hydrogen-bond acceptors (Lipinski definition) is 18. The highest BCUT2D eigenvalue weighted by Crippen LogP contribution is 2.45. The standard InChI is InChI=1S/C29H26N6O2.C23H27N7.C19H20N6.C17H16N6/c30-26-25-24(23-15-19-5-1-4-8-22(19)32-23)33-27(34(25)14-13-31-26)18-11-9-17(10-12-18)16-35-28(36)20-6-2-3-7-21(20)29(35)37;1-28-8-10-29(11-9-28)17-12-16(13-17)23-27-20(21-22(24)25-6-7-30(21)23)19-14-15-4-2-3-5-18(15)26-19;20-18-17-16(15-10-13-8-4-5-9-14(13)23-15)24-19(25(17)22-11-21-18)12-6-2-1-3-7-12;18-16-15-14(13-8-11-4-1-2-7-12(11)21-13)22-17(10-5-3-6-10)23(15)20-9-19-16/h1-8,13-15,17-18,32H,9-12,16H2,(H2,30,31);2-7,14,16-17,26H,8-13H2,1H3,(H2,24,25);4-5,8-12,23H,1-3,6-7H2,(H2,20,21,22);1-2,4,7-10,21H,3,5-6H2,(H2,18,19,20). The van der Waals surface area contributed by atoms with E-state index in [-0.39, 0.29) is 23.7 Å². The SMILES string of the molecule is CN1CCN(C2CC(c3nc(-c4cc5ccccc5[nH]4)c4c(N)nccn34)C2)CC1.Nc1nccn2c(C3CCC(CN4C(=O)c5ccccc5C4=O)CC3)nc(-c3cc4ccccc4[nH]3)c12.Nc1ncnn2c(C3CCC3)nc(-c3cc4ccccc4[nH]3)c12.Nc1ncnn2c(C3CCCCC3)nc(-c3cc4ccccc4[nH]3)c12. The van der Waals surface area contributed by atoms with Gasteiger partial charge in [0.2, 0.25) is 0 Å². The van der Waals surface area contributed by atoms with Crippen molar-refractivity contribution >= 4 is 101 Å². The fourth-order valence-electron chi connectivity index (χ4n) is 18.4. The average molecular weight is 1530 g/mol. The summed E-state index contributed by atoms with van der Waals surface area (Å²) in [5, 5.41) is 13.5. The number of carbonyl (C=O) groups is 2. The second-order valence-electron chi connectivity index (χ2n) is 31.8. The number of imidazole rings is 4. The largest absolute Gasteiger partial charge is 0.382 e. The summed E-state index contributed by atoms with van der Waals surface area (Å²) in [6.07, 6.45) is 26.2. The molecule has 0 atom stereocenters. The number of anilines is 4. The molecule has 14 heterocycles. The highest BCUT2D eigenvalue weighted by molar-refractivity contribution is 6.21. The van der Waals surface area contributed by atoms with E-state index in [0.29, 0.717) is 64.7 Å². The third-order valence-electron chi connectivity index (χ3n) is 24.8. The van der Waals surface area contributed by atoms with Crippen molar-refractivity contribution in [2.24, 2.45) is 5.92 Å². The molecule has 23 rings (SSSR count). The molecule has 5 aromatic carbocycles. The van der Waals surface area contributed by atoms with Crippen LogP contribution in [0.5, 0.6) is 0 Å². The summed E-state index contributed by atoms with van der Waals surface area (Å²) in [4.78, 5) is 83.2. The third-order valence-corrected chi connectivity index (χ3v) is 24.8. The molecule has 17 aromatic rings. The summed E-state index contributed by atoms with van der Waals surface area (Å²) in [5.74, 6) is 7.57. The van der Waals surface area contributed by atoms with Gasteiger partial charge in [0.05, 0.1) is 33.9 Å². The molecule has 6 aliphatic rings. The van der Waals surface area contributed by atoms with Crippen LogP contribution in [0.3, 0.4) is 0 Å². The highest BCUT2D eigenvalue weighted by atomic mass is 16.2. The number of nitrogens with two attached hydrogens (primary N) is 4. The molecule has 27 nitrogen and oxygen atoms in total. The van der Waals surface area contributed by atoms with Gasteiger partial charge < -0.3 is 47.8 Å². The van der Waals surface area contributed by atoms with E-state index in [4.69, 9.17) is 42.9 Å². The van der Waals surface area contributed by atoms with Crippen LogP contribution < -0.4 is 22.9 Å². The van der Waals surface area contributed by atoms with Crippen molar-refractivity contribution in [3.05, 3.63) is 217 Å². The van der Waals surface area contributed by atoms with Crippen molar-refractivity contribution in [3.8, 4) is 45.6 Å². The number of nitrogens with one attached hydrogen (secondary N) is 4. The first-order chi connectivity index (χ1) is 56.4. The molecular formula is C88H89N25O2. The summed E-state index contributed by atoms with van der Waals surface area (Å²) in [5.41, 5.74) is 40.9. The summed E-state index contributed by atoms with van der Waals surface area (Å²) < 4.78 is 8.01. The Morgan fingerprint density at radius 1 is 0.400 bits per heavy atom. The molecule has 1 saturated heterocycles. The van der Waals surface area contributed by atoms with Crippen LogP contribution in [0.15, 0.2) is 183 Å². The fourth-order valence-corrected chi connectivity index (χ4v) is 18.4. The number of nitrogens with zero attached hydrogens (tertiary/aromatic N) is 17. The van der Waals surface area contributed by atoms with Gasteiger partial charge in [-0.3, -0.25) is 28.2 Å². The van der Waals surface area contributed by atoms with Gasteiger partial charge in [-0.1, -0.05) is 111 Å². The molecule has 5 fully saturated rings. The Morgan fingerprint density at radius 2 is 0.774 bits per heavy atom. The molecule has 12 N–H and O–H groups in total. The van der Waals surface area contributed by atoms with E-state index in [2.05, 4.69) is 155 Å². The third kappa shape index (κ3) is 13.0. The highest BCUT2D eigenvalue weighted by Gasteiger charge is 2.41. The Balaban J connectivity index is 0.000000101. The van der Waals surface area contributed by atoms with Crippen LogP contribution in [-0.4, -0.2) is 160 Å². The number of nitrogen functional groups attached to an aromatic ring is 4. The number of aromatic nitrogens is 18. The van der Waals surface area contributed by atoms with Gasteiger partial charge in [-0.2, -0.15) is 10.2 Å². The van der Waals surface area contributed by atoms with E-state index in [0.717, 1.165) is 193 Å². The molecule has 0 unspecified atom stereocenters. The summed E-state index contributed by atoms with van der Waals surface area (Å²) in [6.45, 7) is 5.15. The van der Waals surface area contributed by atoms with Crippen LogP contribution in [0.25, 0.3) is 111 Å². The monoisotopic (exact) mass is 1530 g/mol. The molecule has 4 saturated carbocycles. The van der Waals surface area contributed by atoms with Gasteiger partial charge in [-0.05, 0) is 138 Å². The Kier molecular flexibility index (Phi) is 18.2. The van der Waals surface area contributed by atoms with Crippen molar-refractivity contribution in [2.45, 2.75) is 120 Å². The maximum Gasteiger partial charge on any atom is 0.261 e. The normalized spacial score (nSPS) is 18.9. The number of rotatable bonds is 11. The minimum Gasteiger partial charge on any atom is -0.382 e. The number of hydrogen-bond donors (Lipinski definition) is 8. The molecular weight excluding hydrogens is 1440 g/mol.